The number of ether oxygens (including phenoxy) is 1. The Hall–Kier alpha value is -1.59. The Morgan fingerprint density at radius 2 is 1.96 bits per heavy atom. The van der Waals surface area contributed by atoms with Crippen molar-refractivity contribution in [1.82, 2.24) is 0 Å². The van der Waals surface area contributed by atoms with E-state index in [1.165, 1.54) is 0 Å². The lowest BCUT2D eigenvalue weighted by molar-refractivity contribution is -0.906. The molecule has 0 aliphatic rings. The smallest absolute Gasteiger partial charge is 0.279 e. The fourth-order valence-electron chi connectivity index (χ4n) is 2.73. The predicted octanol–water partition coefficient (Wildman–Crippen LogP) is 3.28. The van der Waals surface area contributed by atoms with Gasteiger partial charge in [0.25, 0.3) is 5.91 Å². The van der Waals surface area contributed by atoms with Crippen molar-refractivity contribution in [2.24, 2.45) is 0 Å². The summed E-state index contributed by atoms with van der Waals surface area (Å²) in [6.45, 7) is 6.26. The third kappa shape index (κ3) is 5.99. The molecule has 6 heteroatoms. The lowest BCUT2D eigenvalue weighted by Gasteiger charge is -2.20. The number of rotatable bonds is 8. The summed E-state index contributed by atoms with van der Waals surface area (Å²) >= 11 is 12.2. The number of hydrogen-bond acceptors (Lipinski definition) is 2. The molecule has 0 aliphatic carbocycles. The third-order valence-corrected chi connectivity index (χ3v) is 4.99. The standard InChI is InChI=1S/C20H24Cl2N2O2/c1-14-5-4-6-19(15(14)2)23-20(25)13-24(9-10-26-3)12-16-7-8-17(21)11-18(16)22/h4-8,11H,9-10,12-13H2,1-3H3,(H,23,25)/p+1. The predicted molar refractivity (Wildman–Crippen MR) is 107 cm³/mol. The minimum atomic E-state index is -0.0325. The molecule has 2 N–H and O–H groups in total. The van der Waals surface area contributed by atoms with Gasteiger partial charge in [-0.2, -0.15) is 0 Å². The van der Waals surface area contributed by atoms with Gasteiger partial charge in [-0.1, -0.05) is 41.4 Å². The highest BCUT2D eigenvalue weighted by molar-refractivity contribution is 6.35. The average molecular weight is 396 g/mol. The third-order valence-electron chi connectivity index (χ3n) is 4.40. The molecular formula is C20H25Cl2N2O2+. The molecule has 1 unspecified atom stereocenters. The van der Waals surface area contributed by atoms with E-state index >= 15 is 0 Å². The number of amides is 1. The van der Waals surface area contributed by atoms with E-state index in [-0.39, 0.29) is 5.91 Å². The van der Waals surface area contributed by atoms with Crippen molar-refractivity contribution in [1.29, 1.82) is 0 Å². The molecule has 2 aromatic carbocycles. The van der Waals surface area contributed by atoms with E-state index < -0.39 is 0 Å². The summed E-state index contributed by atoms with van der Waals surface area (Å²) in [5.74, 6) is -0.0325. The maximum Gasteiger partial charge on any atom is 0.279 e. The molecule has 0 aliphatic heterocycles. The van der Waals surface area contributed by atoms with E-state index in [0.29, 0.717) is 36.3 Å². The number of carbonyl (C=O) groups is 1. The zero-order valence-electron chi connectivity index (χ0n) is 15.4. The molecule has 2 rings (SSSR count). The van der Waals surface area contributed by atoms with Crippen LogP contribution in [0, 0.1) is 13.8 Å². The molecule has 0 fully saturated rings. The average Bonchev–Trinajstić information content (AvgIpc) is 2.59. The maximum absolute atomic E-state index is 12.6. The Bertz CT molecular complexity index is 765. The summed E-state index contributed by atoms with van der Waals surface area (Å²) in [5, 5.41) is 4.23. The zero-order chi connectivity index (χ0) is 19.1. The van der Waals surface area contributed by atoms with Crippen molar-refractivity contribution < 1.29 is 14.4 Å². The van der Waals surface area contributed by atoms with E-state index in [9.17, 15) is 4.79 Å². The van der Waals surface area contributed by atoms with E-state index in [1.807, 2.05) is 44.2 Å². The molecule has 0 radical (unpaired) electrons. The fourth-order valence-corrected chi connectivity index (χ4v) is 3.20. The Labute approximate surface area is 165 Å². The lowest BCUT2D eigenvalue weighted by atomic mass is 10.1. The Morgan fingerprint density at radius 3 is 2.65 bits per heavy atom. The summed E-state index contributed by atoms with van der Waals surface area (Å²) in [5.41, 5.74) is 4.05. The van der Waals surface area contributed by atoms with E-state index in [2.05, 4.69) is 5.32 Å². The first-order chi connectivity index (χ1) is 12.4. The molecule has 0 aromatic heterocycles. The van der Waals surface area contributed by atoms with Crippen LogP contribution in [-0.2, 0) is 16.1 Å². The molecule has 1 amide bonds. The van der Waals surface area contributed by atoms with Gasteiger partial charge in [-0.05, 0) is 43.2 Å². The zero-order valence-corrected chi connectivity index (χ0v) is 16.9. The number of carbonyl (C=O) groups excluding carboxylic acids is 1. The van der Waals surface area contributed by atoms with Crippen LogP contribution in [0.15, 0.2) is 36.4 Å². The van der Waals surface area contributed by atoms with Crippen LogP contribution in [0.2, 0.25) is 10.0 Å². The van der Waals surface area contributed by atoms with Gasteiger partial charge in [-0.25, -0.2) is 0 Å². The molecule has 0 heterocycles. The monoisotopic (exact) mass is 395 g/mol. The van der Waals surface area contributed by atoms with E-state index in [1.54, 1.807) is 13.2 Å². The second kappa shape index (κ2) is 9.93. The number of aryl methyl sites for hydroxylation is 1. The van der Waals surface area contributed by atoms with Gasteiger partial charge in [0, 0.05) is 23.4 Å². The van der Waals surface area contributed by atoms with Crippen LogP contribution in [0.25, 0.3) is 0 Å². The first-order valence-corrected chi connectivity index (χ1v) is 9.28. The van der Waals surface area contributed by atoms with Gasteiger partial charge < -0.3 is 15.0 Å². The number of hydrogen-bond donors (Lipinski definition) is 2. The number of methoxy groups -OCH3 is 1. The lowest BCUT2D eigenvalue weighted by Crippen LogP contribution is -3.12. The number of benzene rings is 2. The Kier molecular flexibility index (Phi) is 7.91. The largest absolute Gasteiger partial charge is 0.379 e. The summed E-state index contributed by atoms with van der Waals surface area (Å²) in [6, 6.07) is 11.3. The molecule has 0 saturated carbocycles. The minimum absolute atomic E-state index is 0.0325. The first kappa shape index (κ1) is 20.7. The van der Waals surface area contributed by atoms with Gasteiger partial charge in [-0.3, -0.25) is 4.79 Å². The van der Waals surface area contributed by atoms with Crippen molar-refractivity contribution >= 4 is 34.8 Å². The van der Waals surface area contributed by atoms with Crippen LogP contribution in [0.3, 0.4) is 0 Å². The normalized spacial score (nSPS) is 12.0. The van der Waals surface area contributed by atoms with Crippen molar-refractivity contribution in [3.63, 3.8) is 0 Å². The molecule has 1 atom stereocenters. The Balaban J connectivity index is 2.06. The molecule has 0 saturated heterocycles. The summed E-state index contributed by atoms with van der Waals surface area (Å²) in [4.78, 5) is 13.6. The van der Waals surface area contributed by atoms with Gasteiger partial charge in [-0.15, -0.1) is 0 Å². The van der Waals surface area contributed by atoms with Gasteiger partial charge in [0.1, 0.15) is 13.1 Å². The minimum Gasteiger partial charge on any atom is -0.379 e. The topological polar surface area (TPSA) is 42.8 Å². The fraction of sp³-hybridized carbons (Fsp3) is 0.350. The van der Waals surface area contributed by atoms with Gasteiger partial charge in [0.2, 0.25) is 0 Å². The number of anilines is 1. The molecule has 0 bridgehead atoms. The summed E-state index contributed by atoms with van der Waals surface area (Å²) < 4.78 is 5.19. The van der Waals surface area contributed by atoms with E-state index in [0.717, 1.165) is 27.3 Å². The summed E-state index contributed by atoms with van der Waals surface area (Å²) in [7, 11) is 1.66. The number of quaternary nitrogens is 1. The Morgan fingerprint density at radius 1 is 1.19 bits per heavy atom. The molecule has 2 aromatic rings. The molecule has 140 valence electrons. The van der Waals surface area contributed by atoms with Crippen LogP contribution < -0.4 is 10.2 Å². The highest BCUT2D eigenvalue weighted by atomic mass is 35.5. The first-order valence-electron chi connectivity index (χ1n) is 8.53. The van der Waals surface area contributed by atoms with Crippen LogP contribution in [0.4, 0.5) is 5.69 Å². The number of nitrogens with one attached hydrogen (secondary N) is 2. The molecular weight excluding hydrogens is 371 g/mol. The second-order valence-corrected chi connectivity index (χ2v) is 7.22. The highest BCUT2D eigenvalue weighted by Gasteiger charge is 2.17. The van der Waals surface area contributed by atoms with Crippen molar-refractivity contribution in [2.45, 2.75) is 20.4 Å². The van der Waals surface area contributed by atoms with Crippen LogP contribution >= 0.6 is 23.2 Å². The van der Waals surface area contributed by atoms with E-state index in [4.69, 9.17) is 27.9 Å². The SMILES string of the molecule is COCC[NH+](CC(=O)Nc1cccc(C)c1C)Cc1ccc(Cl)cc1Cl. The molecule has 26 heavy (non-hydrogen) atoms. The molecule has 4 nitrogen and oxygen atoms in total. The highest BCUT2D eigenvalue weighted by Crippen LogP contribution is 2.20. The number of halogens is 2. The van der Waals surface area contributed by atoms with Crippen molar-refractivity contribution in [3.8, 4) is 0 Å². The van der Waals surface area contributed by atoms with Gasteiger partial charge >= 0.3 is 0 Å². The van der Waals surface area contributed by atoms with Crippen molar-refractivity contribution in [2.75, 3.05) is 32.1 Å². The van der Waals surface area contributed by atoms with Crippen LogP contribution in [0.5, 0.6) is 0 Å². The van der Waals surface area contributed by atoms with Crippen LogP contribution in [-0.4, -0.2) is 32.7 Å². The maximum atomic E-state index is 12.6. The molecule has 0 spiro atoms. The second-order valence-electron chi connectivity index (χ2n) is 6.38. The van der Waals surface area contributed by atoms with Crippen LogP contribution in [0.1, 0.15) is 16.7 Å². The quantitative estimate of drug-likeness (QED) is 0.719. The van der Waals surface area contributed by atoms with Gasteiger partial charge in [0.15, 0.2) is 6.54 Å². The van der Waals surface area contributed by atoms with Crippen molar-refractivity contribution in [3.05, 3.63) is 63.1 Å². The van der Waals surface area contributed by atoms with Gasteiger partial charge in [0.05, 0.1) is 11.6 Å². The summed E-state index contributed by atoms with van der Waals surface area (Å²) in [6.07, 6.45) is 0.